The van der Waals surface area contributed by atoms with E-state index in [1.165, 1.54) is 0 Å². The number of hydrogen-bond donors (Lipinski definition) is 3. The highest BCUT2D eigenvalue weighted by Crippen LogP contribution is 2.44. The van der Waals surface area contributed by atoms with Crippen LogP contribution in [0.1, 0.15) is 63.0 Å². The molecule has 2 aromatic carbocycles. The van der Waals surface area contributed by atoms with Gasteiger partial charge < -0.3 is 20.5 Å². The molecule has 0 spiro atoms. The number of nitrogens with one attached hydrogen (secondary N) is 2. The van der Waals surface area contributed by atoms with E-state index >= 15 is 0 Å². The molecule has 0 aromatic heterocycles. The number of carbonyl (C=O) groups excluding carboxylic acids is 2. The topological polar surface area (TPSA) is 105 Å². The van der Waals surface area contributed by atoms with Crippen LogP contribution in [0.25, 0.3) is 11.1 Å². The Bertz CT molecular complexity index is 1040. The van der Waals surface area contributed by atoms with Gasteiger partial charge in [-0.25, -0.2) is 4.79 Å². The molecule has 3 atom stereocenters. The lowest BCUT2D eigenvalue weighted by Crippen LogP contribution is -2.51. The first-order chi connectivity index (χ1) is 16.8. The maximum absolute atomic E-state index is 13.0. The molecule has 1 fully saturated rings. The summed E-state index contributed by atoms with van der Waals surface area (Å²) in [5.41, 5.74) is 4.56. The number of hydrogen-bond acceptors (Lipinski definition) is 4. The molecule has 3 N–H and O–H groups in total. The van der Waals surface area contributed by atoms with Crippen molar-refractivity contribution in [3.05, 3.63) is 59.7 Å². The standard InChI is InChI=1S/C28H34N2O5/c1-17(2)14-25(26(31)29-19-9-7-8-18(15-19)27(32)33)30-28(34)35-16-24-22-12-5-3-10-20(22)21-11-4-6-13-23(21)24/h3-6,10-13,17-19,24-25H,7-9,14-16H2,1-2H3,(H,29,31)(H,30,34)(H,32,33)/t18-,19+,25+/m0/s1. The second-order valence-corrected chi connectivity index (χ2v) is 10.1. The van der Waals surface area contributed by atoms with Gasteiger partial charge in [0.1, 0.15) is 12.6 Å². The van der Waals surface area contributed by atoms with Gasteiger partial charge in [0.15, 0.2) is 0 Å². The third-order valence-electron chi connectivity index (χ3n) is 7.03. The number of carbonyl (C=O) groups is 3. The largest absolute Gasteiger partial charge is 0.481 e. The summed E-state index contributed by atoms with van der Waals surface area (Å²) in [6.45, 7) is 4.15. The first kappa shape index (κ1) is 24.8. The molecule has 0 unspecified atom stereocenters. The zero-order valence-corrected chi connectivity index (χ0v) is 20.3. The summed E-state index contributed by atoms with van der Waals surface area (Å²) in [6.07, 6.45) is 2.39. The highest BCUT2D eigenvalue weighted by atomic mass is 16.5. The van der Waals surface area contributed by atoms with Crippen molar-refractivity contribution in [1.82, 2.24) is 10.6 Å². The molecule has 0 radical (unpaired) electrons. The Morgan fingerprint density at radius 1 is 1.00 bits per heavy atom. The first-order valence-electron chi connectivity index (χ1n) is 12.5. The van der Waals surface area contributed by atoms with Crippen molar-refractivity contribution in [2.24, 2.45) is 11.8 Å². The van der Waals surface area contributed by atoms with E-state index in [1.54, 1.807) is 0 Å². The molecule has 0 bridgehead atoms. The number of ether oxygens (including phenoxy) is 1. The fourth-order valence-corrected chi connectivity index (χ4v) is 5.33. The lowest BCUT2D eigenvalue weighted by Gasteiger charge is -2.29. The van der Waals surface area contributed by atoms with Crippen LogP contribution in [0.4, 0.5) is 4.79 Å². The lowest BCUT2D eigenvalue weighted by molar-refractivity contribution is -0.143. The van der Waals surface area contributed by atoms with Crippen LogP contribution in [0.3, 0.4) is 0 Å². The maximum Gasteiger partial charge on any atom is 0.407 e. The van der Waals surface area contributed by atoms with Crippen molar-refractivity contribution in [2.45, 2.75) is 64.0 Å². The van der Waals surface area contributed by atoms with E-state index in [0.717, 1.165) is 35.1 Å². The number of alkyl carbamates (subject to hydrolysis) is 1. The number of carboxylic acid groups (broad SMARTS) is 1. The minimum Gasteiger partial charge on any atom is -0.481 e. The predicted molar refractivity (Wildman–Crippen MR) is 133 cm³/mol. The smallest absolute Gasteiger partial charge is 0.407 e. The normalized spacial score (nSPS) is 20.0. The summed E-state index contributed by atoms with van der Waals surface area (Å²) in [7, 11) is 0. The molecule has 0 saturated heterocycles. The average molecular weight is 479 g/mol. The third-order valence-corrected chi connectivity index (χ3v) is 7.03. The van der Waals surface area contributed by atoms with Gasteiger partial charge in [-0.3, -0.25) is 9.59 Å². The van der Waals surface area contributed by atoms with Crippen molar-refractivity contribution in [2.75, 3.05) is 6.61 Å². The Kier molecular flexibility index (Phi) is 7.73. The van der Waals surface area contributed by atoms with E-state index in [0.29, 0.717) is 19.3 Å². The van der Waals surface area contributed by atoms with Gasteiger partial charge >= 0.3 is 12.1 Å². The average Bonchev–Trinajstić information content (AvgIpc) is 3.16. The second-order valence-electron chi connectivity index (χ2n) is 10.1. The molecular weight excluding hydrogens is 444 g/mol. The summed E-state index contributed by atoms with van der Waals surface area (Å²) in [6, 6.07) is 15.3. The zero-order chi connectivity index (χ0) is 24.9. The molecule has 2 aromatic rings. The van der Waals surface area contributed by atoms with E-state index < -0.39 is 24.0 Å². The summed E-state index contributed by atoms with van der Waals surface area (Å²) in [5, 5.41) is 15.0. The number of fused-ring (bicyclic) bond motifs is 3. The first-order valence-corrected chi connectivity index (χ1v) is 12.5. The molecular formula is C28H34N2O5. The van der Waals surface area contributed by atoms with E-state index in [2.05, 4.69) is 34.9 Å². The highest BCUT2D eigenvalue weighted by molar-refractivity contribution is 5.86. The van der Waals surface area contributed by atoms with Crippen molar-refractivity contribution in [3.63, 3.8) is 0 Å². The van der Waals surface area contributed by atoms with Crippen LogP contribution in [0.5, 0.6) is 0 Å². The summed E-state index contributed by atoms with van der Waals surface area (Å²) >= 11 is 0. The molecule has 0 heterocycles. The number of aliphatic carboxylic acids is 1. The van der Waals surface area contributed by atoms with Gasteiger partial charge in [-0.2, -0.15) is 0 Å². The number of rotatable bonds is 8. The van der Waals surface area contributed by atoms with Gasteiger partial charge in [-0.15, -0.1) is 0 Å². The summed E-state index contributed by atoms with van der Waals surface area (Å²) in [5.74, 6) is -1.42. The number of carboxylic acids is 1. The van der Waals surface area contributed by atoms with Crippen molar-refractivity contribution >= 4 is 18.0 Å². The zero-order valence-electron chi connectivity index (χ0n) is 20.3. The predicted octanol–water partition coefficient (Wildman–Crippen LogP) is 4.70. The molecule has 2 aliphatic rings. The molecule has 0 aliphatic heterocycles. The van der Waals surface area contributed by atoms with Crippen molar-refractivity contribution < 1.29 is 24.2 Å². The van der Waals surface area contributed by atoms with Gasteiger partial charge in [-0.1, -0.05) is 68.8 Å². The fraction of sp³-hybridized carbons (Fsp3) is 0.464. The Morgan fingerprint density at radius 2 is 1.63 bits per heavy atom. The summed E-state index contributed by atoms with van der Waals surface area (Å²) < 4.78 is 5.63. The molecule has 2 amide bonds. The van der Waals surface area contributed by atoms with E-state index in [1.807, 2.05) is 38.1 Å². The second kappa shape index (κ2) is 10.9. The third kappa shape index (κ3) is 5.84. The quantitative estimate of drug-likeness (QED) is 0.510. The molecule has 7 nitrogen and oxygen atoms in total. The van der Waals surface area contributed by atoms with Gasteiger partial charge in [0.05, 0.1) is 5.92 Å². The van der Waals surface area contributed by atoms with Crippen LogP contribution in [-0.2, 0) is 14.3 Å². The lowest BCUT2D eigenvalue weighted by atomic mass is 9.85. The molecule has 1 saturated carbocycles. The number of benzene rings is 2. The van der Waals surface area contributed by atoms with Crippen LogP contribution in [0.15, 0.2) is 48.5 Å². The number of amides is 2. The Balaban J connectivity index is 1.38. The van der Waals surface area contributed by atoms with E-state index in [9.17, 15) is 19.5 Å². The Labute approximate surface area is 206 Å². The minimum absolute atomic E-state index is 0.0549. The van der Waals surface area contributed by atoms with Crippen LogP contribution >= 0.6 is 0 Å². The van der Waals surface area contributed by atoms with Crippen LogP contribution in [0, 0.1) is 11.8 Å². The van der Waals surface area contributed by atoms with Crippen LogP contribution < -0.4 is 10.6 Å². The SMILES string of the molecule is CC(C)C[C@@H](NC(=O)OCC1c2ccccc2-c2ccccc21)C(=O)N[C@@H]1CCC[C@H](C(=O)O)C1. The minimum atomic E-state index is -0.820. The maximum atomic E-state index is 13.0. The monoisotopic (exact) mass is 478 g/mol. The molecule has 2 aliphatic carbocycles. The van der Waals surface area contributed by atoms with E-state index in [-0.39, 0.29) is 30.4 Å². The van der Waals surface area contributed by atoms with Gasteiger partial charge in [0, 0.05) is 12.0 Å². The van der Waals surface area contributed by atoms with Crippen LogP contribution in [0.2, 0.25) is 0 Å². The fourth-order valence-electron chi connectivity index (χ4n) is 5.33. The summed E-state index contributed by atoms with van der Waals surface area (Å²) in [4.78, 5) is 37.1. The van der Waals surface area contributed by atoms with Gasteiger partial charge in [0.2, 0.25) is 5.91 Å². The Hall–Kier alpha value is -3.35. The van der Waals surface area contributed by atoms with Crippen molar-refractivity contribution in [1.29, 1.82) is 0 Å². The molecule has 186 valence electrons. The highest BCUT2D eigenvalue weighted by Gasteiger charge is 2.32. The molecule has 4 rings (SSSR count). The molecule has 7 heteroatoms. The van der Waals surface area contributed by atoms with Gasteiger partial charge in [-0.05, 0) is 53.9 Å². The van der Waals surface area contributed by atoms with Crippen molar-refractivity contribution in [3.8, 4) is 11.1 Å². The molecule has 35 heavy (non-hydrogen) atoms. The Morgan fingerprint density at radius 3 is 2.23 bits per heavy atom. The van der Waals surface area contributed by atoms with E-state index in [4.69, 9.17) is 4.74 Å². The van der Waals surface area contributed by atoms with Crippen LogP contribution in [-0.4, -0.2) is 41.8 Å². The van der Waals surface area contributed by atoms with Gasteiger partial charge in [0.25, 0.3) is 0 Å².